The number of amides is 2. The Labute approximate surface area is 319 Å². The summed E-state index contributed by atoms with van der Waals surface area (Å²) in [6.07, 6.45) is 1.15. The summed E-state index contributed by atoms with van der Waals surface area (Å²) in [5.74, 6) is 1.79. The molecule has 11 heteroatoms. The zero-order valence-corrected chi connectivity index (χ0v) is 33.0. The standard InChI is InChI=1S/C43H58N4O7/c1-25-35-21-31(43(35,3)4)22-36(25)45-42(51)39-38(26(2)49)37(24-48)54-47(39)23-28-10-9-11-34(40(28)53-8)29-18-30(20-32(19-29)46(5)6)41(50)44-17-16-27-12-14-33(52-7)15-13-27/h9-15,18-20,25-26,31,35-39,48-49H,16-17,21-24H2,1-8H3,(H,44,50)(H,45,51)/t25-,26-,31+,35+,36-,37-,38+,39-/m0/s1. The SMILES string of the molecule is COc1ccc(CCNC(=O)c2cc(-c3cccc(CN4O[C@@H](CO)[C@@H]([C@H](C)O)[C@H]4C(=O)N[C@H]4C[C@H]5C[C@H]([C@@H]4C)C5(C)C)c3OC)cc(N(C)C)c2)cc1. The first-order valence-electron chi connectivity index (χ1n) is 19.2. The average molecular weight is 743 g/mol. The first kappa shape index (κ1) is 39.5. The van der Waals surface area contributed by atoms with Crippen LogP contribution >= 0.6 is 0 Å². The van der Waals surface area contributed by atoms with Crippen molar-refractivity contribution in [1.82, 2.24) is 15.7 Å². The Hall–Kier alpha value is -4.16. The van der Waals surface area contributed by atoms with Gasteiger partial charge in [-0.1, -0.05) is 51.1 Å². The number of ether oxygens (including phenoxy) is 2. The minimum Gasteiger partial charge on any atom is -0.497 e. The second kappa shape index (κ2) is 16.3. The number of anilines is 1. The summed E-state index contributed by atoms with van der Waals surface area (Å²) in [7, 11) is 7.10. The normalized spacial score (nSPS) is 26.4. The molecule has 4 N–H and O–H groups in total. The van der Waals surface area contributed by atoms with Crippen molar-refractivity contribution in [2.45, 2.75) is 77.8 Å². The summed E-state index contributed by atoms with van der Waals surface area (Å²) in [5, 5.41) is 29.3. The van der Waals surface area contributed by atoms with Crippen molar-refractivity contribution >= 4 is 17.5 Å². The molecule has 2 bridgehead atoms. The van der Waals surface area contributed by atoms with Gasteiger partial charge in [-0.25, -0.2) is 0 Å². The highest BCUT2D eigenvalue weighted by Gasteiger charge is 2.57. The van der Waals surface area contributed by atoms with Gasteiger partial charge in [0, 0.05) is 55.0 Å². The zero-order valence-electron chi connectivity index (χ0n) is 33.0. The number of aliphatic hydroxyl groups is 2. The molecule has 3 aliphatic carbocycles. The van der Waals surface area contributed by atoms with Crippen LogP contribution in [-0.4, -0.2) is 92.8 Å². The molecule has 1 aliphatic heterocycles. The van der Waals surface area contributed by atoms with Gasteiger partial charge in [0.2, 0.25) is 5.91 Å². The van der Waals surface area contributed by atoms with E-state index >= 15 is 0 Å². The fourth-order valence-corrected chi connectivity index (χ4v) is 9.20. The lowest BCUT2D eigenvalue weighted by Crippen LogP contribution is -2.62. The molecule has 0 unspecified atom stereocenters. The molecule has 0 aromatic heterocycles. The number of nitrogens with zero attached hydrogens (tertiary/aromatic N) is 2. The minimum absolute atomic E-state index is 0.0367. The van der Waals surface area contributed by atoms with E-state index in [4.69, 9.17) is 14.3 Å². The molecular weight excluding hydrogens is 684 g/mol. The van der Waals surface area contributed by atoms with Gasteiger partial charge in [-0.05, 0) is 90.8 Å². The molecule has 2 amide bonds. The van der Waals surface area contributed by atoms with Crippen molar-refractivity contribution in [2.75, 3.05) is 46.4 Å². The van der Waals surface area contributed by atoms with Gasteiger partial charge in [-0.2, -0.15) is 5.06 Å². The zero-order chi connectivity index (χ0) is 38.9. The molecule has 292 valence electrons. The third-order valence-corrected chi connectivity index (χ3v) is 12.6. The molecule has 54 heavy (non-hydrogen) atoms. The number of methoxy groups -OCH3 is 2. The second-order valence-corrected chi connectivity index (χ2v) is 16.2. The second-order valence-electron chi connectivity index (χ2n) is 16.2. The number of aliphatic hydroxyl groups excluding tert-OH is 2. The molecule has 0 radical (unpaired) electrons. The van der Waals surface area contributed by atoms with E-state index in [9.17, 15) is 19.8 Å². The third kappa shape index (κ3) is 7.82. The monoisotopic (exact) mass is 742 g/mol. The van der Waals surface area contributed by atoms with Gasteiger partial charge >= 0.3 is 0 Å². The van der Waals surface area contributed by atoms with Crippen LogP contribution in [0.4, 0.5) is 5.69 Å². The molecule has 3 saturated carbocycles. The Bertz CT molecular complexity index is 1790. The highest BCUT2D eigenvalue weighted by atomic mass is 16.7. The lowest BCUT2D eigenvalue weighted by molar-refractivity contribution is -0.183. The van der Waals surface area contributed by atoms with Crippen LogP contribution in [0.5, 0.6) is 11.5 Å². The fraction of sp³-hybridized carbons (Fsp3) is 0.535. The average Bonchev–Trinajstić information content (AvgIpc) is 3.54. The van der Waals surface area contributed by atoms with Crippen molar-refractivity contribution in [2.24, 2.45) is 29.1 Å². The fourth-order valence-electron chi connectivity index (χ4n) is 9.20. The van der Waals surface area contributed by atoms with Crippen LogP contribution < -0.4 is 25.0 Å². The van der Waals surface area contributed by atoms with Gasteiger partial charge in [0.1, 0.15) is 23.6 Å². The Kier molecular flexibility index (Phi) is 11.9. The molecule has 3 aromatic carbocycles. The van der Waals surface area contributed by atoms with E-state index in [0.29, 0.717) is 42.0 Å². The van der Waals surface area contributed by atoms with Crippen molar-refractivity contribution < 1.29 is 34.1 Å². The largest absolute Gasteiger partial charge is 0.497 e. The van der Waals surface area contributed by atoms with Gasteiger partial charge < -0.3 is 35.2 Å². The van der Waals surface area contributed by atoms with Gasteiger partial charge in [-0.3, -0.25) is 14.4 Å². The predicted molar refractivity (Wildman–Crippen MR) is 209 cm³/mol. The quantitative estimate of drug-likeness (QED) is 0.179. The van der Waals surface area contributed by atoms with Crippen LogP contribution in [0.3, 0.4) is 0 Å². The highest BCUT2D eigenvalue weighted by Crippen LogP contribution is 2.61. The number of para-hydroxylation sites is 1. The van der Waals surface area contributed by atoms with E-state index in [1.54, 1.807) is 26.2 Å². The Balaban J connectivity index is 1.24. The molecule has 8 atom stereocenters. The predicted octanol–water partition coefficient (Wildman–Crippen LogP) is 5.07. The Morgan fingerprint density at radius 3 is 2.41 bits per heavy atom. The number of carbonyl (C=O) groups is 2. The summed E-state index contributed by atoms with van der Waals surface area (Å²) < 4.78 is 11.3. The minimum atomic E-state index is -0.901. The van der Waals surface area contributed by atoms with Crippen molar-refractivity contribution in [3.63, 3.8) is 0 Å². The van der Waals surface area contributed by atoms with Crippen molar-refractivity contribution in [1.29, 1.82) is 0 Å². The van der Waals surface area contributed by atoms with E-state index in [2.05, 4.69) is 31.4 Å². The molecule has 7 rings (SSSR count). The van der Waals surface area contributed by atoms with Crippen molar-refractivity contribution in [3.8, 4) is 22.6 Å². The van der Waals surface area contributed by atoms with E-state index in [1.807, 2.05) is 79.7 Å². The maximum absolute atomic E-state index is 14.2. The van der Waals surface area contributed by atoms with E-state index in [1.165, 1.54) is 6.42 Å². The van der Waals surface area contributed by atoms with E-state index in [0.717, 1.165) is 40.1 Å². The summed E-state index contributed by atoms with van der Waals surface area (Å²) in [4.78, 5) is 36.0. The summed E-state index contributed by atoms with van der Waals surface area (Å²) in [6, 6.07) is 18.5. The molecule has 4 aliphatic rings. The van der Waals surface area contributed by atoms with Gasteiger partial charge in [0.05, 0.1) is 33.5 Å². The topological polar surface area (TPSA) is 133 Å². The summed E-state index contributed by atoms with van der Waals surface area (Å²) in [5.41, 5.74) is 5.06. The van der Waals surface area contributed by atoms with Crippen LogP contribution in [-0.2, 0) is 22.6 Å². The molecular formula is C43H58N4O7. The maximum Gasteiger partial charge on any atom is 0.251 e. The number of hydrogen-bond donors (Lipinski definition) is 4. The Morgan fingerprint density at radius 2 is 1.80 bits per heavy atom. The number of rotatable bonds is 14. The smallest absolute Gasteiger partial charge is 0.251 e. The number of benzene rings is 3. The lowest BCUT2D eigenvalue weighted by Gasteiger charge is -2.62. The van der Waals surface area contributed by atoms with Crippen LogP contribution in [0.1, 0.15) is 62.0 Å². The van der Waals surface area contributed by atoms with Crippen LogP contribution in [0.15, 0.2) is 60.7 Å². The highest BCUT2D eigenvalue weighted by molar-refractivity contribution is 5.97. The number of hydroxylamine groups is 2. The molecule has 0 spiro atoms. The number of carbonyl (C=O) groups excluding carboxylic acids is 2. The molecule has 11 nitrogen and oxygen atoms in total. The van der Waals surface area contributed by atoms with Crippen LogP contribution in [0, 0.1) is 29.1 Å². The number of nitrogens with one attached hydrogen (secondary N) is 2. The van der Waals surface area contributed by atoms with E-state index in [-0.39, 0.29) is 36.4 Å². The summed E-state index contributed by atoms with van der Waals surface area (Å²) >= 11 is 0. The molecule has 4 fully saturated rings. The van der Waals surface area contributed by atoms with Gasteiger partial charge in [0.15, 0.2) is 0 Å². The maximum atomic E-state index is 14.2. The molecule has 1 heterocycles. The Morgan fingerprint density at radius 1 is 1.06 bits per heavy atom. The van der Waals surface area contributed by atoms with Crippen molar-refractivity contribution in [3.05, 3.63) is 77.4 Å². The first-order valence-corrected chi connectivity index (χ1v) is 19.2. The summed E-state index contributed by atoms with van der Waals surface area (Å²) in [6.45, 7) is 8.84. The molecule has 1 saturated heterocycles. The number of hydrogen-bond acceptors (Lipinski definition) is 9. The number of fused-ring (bicyclic) bond motifs is 2. The van der Waals surface area contributed by atoms with E-state index < -0.39 is 24.2 Å². The molecule has 3 aromatic rings. The lowest BCUT2D eigenvalue weighted by atomic mass is 9.45. The first-order chi connectivity index (χ1) is 25.8. The van der Waals surface area contributed by atoms with Crippen LogP contribution in [0.2, 0.25) is 0 Å². The van der Waals surface area contributed by atoms with Crippen LogP contribution in [0.25, 0.3) is 11.1 Å². The van der Waals surface area contributed by atoms with Gasteiger partial charge in [-0.15, -0.1) is 0 Å². The van der Waals surface area contributed by atoms with Gasteiger partial charge in [0.25, 0.3) is 5.91 Å². The third-order valence-electron chi connectivity index (χ3n) is 12.6.